The fraction of sp³-hybridized carbons (Fsp3) is 0.571. The van der Waals surface area contributed by atoms with Gasteiger partial charge in [0.15, 0.2) is 0 Å². The average Bonchev–Trinajstić information content (AvgIpc) is 2.92. The van der Waals surface area contributed by atoms with E-state index in [1.165, 1.54) is 13.0 Å². The zero-order valence-electron chi connectivity index (χ0n) is 12.1. The van der Waals surface area contributed by atoms with E-state index in [0.717, 1.165) is 31.7 Å². The third-order valence-corrected chi connectivity index (χ3v) is 5.25. The Kier molecular flexibility index (Phi) is 5.18. The number of hydrogen-bond donors (Lipinski definition) is 2. The zero-order valence-corrected chi connectivity index (χ0v) is 12.9. The molecule has 1 aromatic rings. The summed E-state index contributed by atoms with van der Waals surface area (Å²) in [4.78, 5) is -0.124. The standard InChI is InChI=1S/C14H21FN2O3S/c1-10-13(15)8-11(16)9-14(10)21(18,19)17-6-7-20-12-4-2-3-5-12/h8-9,12,17H,2-7,16H2,1H3. The molecule has 0 saturated heterocycles. The Labute approximate surface area is 124 Å². The van der Waals surface area contributed by atoms with E-state index in [-0.39, 0.29) is 28.8 Å². The molecule has 0 unspecified atom stereocenters. The fourth-order valence-electron chi connectivity index (χ4n) is 2.49. The Morgan fingerprint density at radius 3 is 2.71 bits per heavy atom. The minimum Gasteiger partial charge on any atom is -0.399 e. The molecule has 2 rings (SSSR count). The number of halogens is 1. The Hall–Kier alpha value is -1.18. The molecule has 1 saturated carbocycles. The molecular formula is C14H21FN2O3S. The van der Waals surface area contributed by atoms with Crippen molar-refractivity contribution in [3.63, 3.8) is 0 Å². The lowest BCUT2D eigenvalue weighted by Crippen LogP contribution is -2.29. The molecule has 1 aliphatic carbocycles. The number of nitrogens with two attached hydrogens (primary N) is 1. The first-order valence-corrected chi connectivity index (χ1v) is 8.55. The quantitative estimate of drug-likeness (QED) is 0.621. The second-order valence-corrected chi connectivity index (χ2v) is 7.04. The molecule has 5 nitrogen and oxygen atoms in total. The van der Waals surface area contributed by atoms with Crippen LogP contribution in [-0.2, 0) is 14.8 Å². The van der Waals surface area contributed by atoms with Gasteiger partial charge in [-0.25, -0.2) is 17.5 Å². The van der Waals surface area contributed by atoms with Crippen LogP contribution in [0, 0.1) is 12.7 Å². The number of anilines is 1. The van der Waals surface area contributed by atoms with E-state index >= 15 is 0 Å². The summed E-state index contributed by atoms with van der Waals surface area (Å²) in [6.45, 7) is 1.89. The van der Waals surface area contributed by atoms with Crippen LogP contribution in [0.15, 0.2) is 17.0 Å². The summed E-state index contributed by atoms with van der Waals surface area (Å²) in [5.74, 6) is -0.627. The molecule has 0 spiro atoms. The summed E-state index contributed by atoms with van der Waals surface area (Å²) < 4.78 is 45.9. The first-order valence-electron chi connectivity index (χ1n) is 7.07. The van der Waals surface area contributed by atoms with Crippen molar-refractivity contribution in [3.8, 4) is 0 Å². The second-order valence-electron chi connectivity index (χ2n) is 5.30. The Morgan fingerprint density at radius 1 is 1.38 bits per heavy atom. The van der Waals surface area contributed by atoms with E-state index in [2.05, 4.69) is 4.72 Å². The van der Waals surface area contributed by atoms with Crippen LogP contribution in [0.25, 0.3) is 0 Å². The normalized spacial score (nSPS) is 16.5. The first-order chi connectivity index (χ1) is 9.90. The maximum Gasteiger partial charge on any atom is 0.241 e. The summed E-state index contributed by atoms with van der Waals surface area (Å²) in [6.07, 6.45) is 4.63. The molecule has 0 amide bonds. The highest BCUT2D eigenvalue weighted by molar-refractivity contribution is 7.89. The highest BCUT2D eigenvalue weighted by Crippen LogP contribution is 2.22. The summed E-state index contributed by atoms with van der Waals surface area (Å²) in [7, 11) is -3.78. The van der Waals surface area contributed by atoms with E-state index in [1.54, 1.807) is 0 Å². The van der Waals surface area contributed by atoms with Crippen molar-refractivity contribution in [1.82, 2.24) is 4.72 Å². The summed E-state index contributed by atoms with van der Waals surface area (Å²) in [6, 6.07) is 2.37. The molecule has 0 bridgehead atoms. The lowest BCUT2D eigenvalue weighted by Gasteiger charge is -2.13. The molecular weight excluding hydrogens is 295 g/mol. The molecule has 1 aromatic carbocycles. The molecule has 0 heterocycles. The Bertz CT molecular complexity index is 598. The molecule has 0 aliphatic heterocycles. The van der Waals surface area contributed by atoms with E-state index < -0.39 is 15.8 Å². The smallest absolute Gasteiger partial charge is 0.241 e. The van der Waals surface area contributed by atoms with Gasteiger partial charge in [0.25, 0.3) is 0 Å². The maximum atomic E-state index is 13.6. The van der Waals surface area contributed by atoms with Crippen molar-refractivity contribution in [2.45, 2.75) is 43.6 Å². The summed E-state index contributed by atoms with van der Waals surface area (Å²) in [5.41, 5.74) is 5.65. The van der Waals surface area contributed by atoms with Crippen molar-refractivity contribution >= 4 is 15.7 Å². The number of rotatable bonds is 6. The highest BCUT2D eigenvalue weighted by atomic mass is 32.2. The van der Waals surface area contributed by atoms with Crippen LogP contribution >= 0.6 is 0 Å². The number of ether oxygens (including phenoxy) is 1. The number of benzene rings is 1. The zero-order chi connectivity index (χ0) is 15.5. The van der Waals surface area contributed by atoms with Crippen molar-refractivity contribution < 1.29 is 17.5 Å². The van der Waals surface area contributed by atoms with Crippen LogP contribution in [0.3, 0.4) is 0 Å². The van der Waals surface area contributed by atoms with Gasteiger partial charge in [-0.05, 0) is 31.9 Å². The van der Waals surface area contributed by atoms with Gasteiger partial charge in [-0.1, -0.05) is 12.8 Å². The SMILES string of the molecule is Cc1c(F)cc(N)cc1S(=O)(=O)NCCOC1CCCC1. The van der Waals surface area contributed by atoms with Gasteiger partial charge in [0.2, 0.25) is 10.0 Å². The van der Waals surface area contributed by atoms with Gasteiger partial charge in [0.05, 0.1) is 17.6 Å². The lowest BCUT2D eigenvalue weighted by molar-refractivity contribution is 0.0626. The van der Waals surface area contributed by atoms with Crippen LogP contribution in [0.5, 0.6) is 0 Å². The highest BCUT2D eigenvalue weighted by Gasteiger charge is 2.20. The molecule has 0 aromatic heterocycles. The van der Waals surface area contributed by atoms with Gasteiger partial charge < -0.3 is 10.5 Å². The van der Waals surface area contributed by atoms with Crippen LogP contribution in [0.2, 0.25) is 0 Å². The van der Waals surface area contributed by atoms with E-state index in [4.69, 9.17) is 10.5 Å². The third-order valence-electron chi connectivity index (χ3n) is 3.66. The minimum absolute atomic E-state index is 0.0633. The minimum atomic E-state index is -3.78. The van der Waals surface area contributed by atoms with E-state index in [9.17, 15) is 12.8 Å². The van der Waals surface area contributed by atoms with E-state index in [1.807, 2.05) is 0 Å². The number of sulfonamides is 1. The predicted octanol–water partition coefficient (Wildman–Crippen LogP) is 1.95. The van der Waals surface area contributed by atoms with Crippen molar-refractivity contribution in [2.75, 3.05) is 18.9 Å². The molecule has 1 aliphatic rings. The number of hydrogen-bond acceptors (Lipinski definition) is 4. The van der Waals surface area contributed by atoms with Crippen molar-refractivity contribution in [1.29, 1.82) is 0 Å². The molecule has 1 fully saturated rings. The third kappa shape index (κ3) is 4.15. The average molecular weight is 316 g/mol. The Balaban J connectivity index is 1.95. The molecule has 0 radical (unpaired) electrons. The summed E-state index contributed by atoms with van der Waals surface area (Å²) in [5, 5.41) is 0. The van der Waals surface area contributed by atoms with Crippen LogP contribution in [-0.4, -0.2) is 27.7 Å². The van der Waals surface area contributed by atoms with Crippen LogP contribution in [0.1, 0.15) is 31.2 Å². The largest absolute Gasteiger partial charge is 0.399 e. The lowest BCUT2D eigenvalue weighted by atomic mass is 10.2. The number of nitrogen functional groups attached to an aromatic ring is 1. The van der Waals surface area contributed by atoms with Gasteiger partial charge in [-0.15, -0.1) is 0 Å². The van der Waals surface area contributed by atoms with Gasteiger partial charge in [0, 0.05) is 17.8 Å². The van der Waals surface area contributed by atoms with Gasteiger partial charge in [-0.2, -0.15) is 0 Å². The molecule has 118 valence electrons. The van der Waals surface area contributed by atoms with Crippen LogP contribution in [0.4, 0.5) is 10.1 Å². The number of nitrogens with one attached hydrogen (secondary N) is 1. The molecule has 3 N–H and O–H groups in total. The second kappa shape index (κ2) is 6.72. The van der Waals surface area contributed by atoms with Gasteiger partial charge in [0.1, 0.15) is 5.82 Å². The monoisotopic (exact) mass is 316 g/mol. The van der Waals surface area contributed by atoms with Crippen LogP contribution < -0.4 is 10.5 Å². The molecule has 21 heavy (non-hydrogen) atoms. The fourth-order valence-corrected chi connectivity index (χ4v) is 3.79. The predicted molar refractivity (Wildman–Crippen MR) is 78.9 cm³/mol. The molecule has 7 heteroatoms. The molecule has 0 atom stereocenters. The van der Waals surface area contributed by atoms with E-state index in [0.29, 0.717) is 6.61 Å². The van der Waals surface area contributed by atoms with Crippen molar-refractivity contribution in [3.05, 3.63) is 23.5 Å². The van der Waals surface area contributed by atoms with Gasteiger partial charge in [-0.3, -0.25) is 0 Å². The van der Waals surface area contributed by atoms with Crippen molar-refractivity contribution in [2.24, 2.45) is 0 Å². The topological polar surface area (TPSA) is 81.4 Å². The summed E-state index contributed by atoms with van der Waals surface area (Å²) >= 11 is 0. The Morgan fingerprint density at radius 2 is 2.05 bits per heavy atom. The first kappa shape index (κ1) is 16.2. The van der Waals surface area contributed by atoms with Gasteiger partial charge >= 0.3 is 0 Å². The maximum absolute atomic E-state index is 13.6.